The van der Waals surface area contributed by atoms with Crippen molar-refractivity contribution in [3.8, 4) is 11.5 Å². The maximum atomic E-state index is 14.0. The van der Waals surface area contributed by atoms with Gasteiger partial charge in [-0.1, -0.05) is 18.6 Å². The zero-order chi connectivity index (χ0) is 35.7. The van der Waals surface area contributed by atoms with Crippen LogP contribution in [-0.2, 0) is 35.8 Å². The van der Waals surface area contributed by atoms with Crippen LogP contribution in [0.4, 0.5) is 4.79 Å². The number of carbonyl (C=O) groups excluding carboxylic acids is 4. The van der Waals surface area contributed by atoms with Crippen molar-refractivity contribution in [3.63, 3.8) is 0 Å². The first kappa shape index (κ1) is 35.6. The van der Waals surface area contributed by atoms with Gasteiger partial charge in [-0.25, -0.2) is 4.79 Å². The third kappa shape index (κ3) is 6.53. The molecule has 6 rings (SSSR count). The van der Waals surface area contributed by atoms with E-state index >= 15 is 0 Å². The first-order chi connectivity index (χ1) is 24.0. The van der Waals surface area contributed by atoms with E-state index in [0.29, 0.717) is 43.1 Å². The van der Waals surface area contributed by atoms with Crippen molar-refractivity contribution >= 4 is 29.5 Å². The summed E-state index contributed by atoms with van der Waals surface area (Å²) in [6, 6.07) is 3.56. The molecule has 5 aliphatic rings. The molecule has 2 aliphatic carbocycles. The Morgan fingerprint density at radius 1 is 1.16 bits per heavy atom. The predicted molar refractivity (Wildman–Crippen MR) is 182 cm³/mol. The highest BCUT2D eigenvalue weighted by molar-refractivity contribution is 5.99. The number of Topliss-reactive ketones (excluding diaryl/α,β-unsaturated/α-hetero) is 2. The van der Waals surface area contributed by atoms with E-state index in [1.54, 1.807) is 7.11 Å². The third-order valence-corrected chi connectivity index (χ3v) is 11.2. The maximum absolute atomic E-state index is 14.0. The summed E-state index contributed by atoms with van der Waals surface area (Å²) < 4.78 is 18.6. The first-order valence-electron chi connectivity index (χ1n) is 17.7. The van der Waals surface area contributed by atoms with Gasteiger partial charge in [0, 0.05) is 37.0 Å². The van der Waals surface area contributed by atoms with E-state index in [0.717, 1.165) is 24.9 Å². The van der Waals surface area contributed by atoms with Crippen LogP contribution < -0.4 is 20.5 Å². The van der Waals surface area contributed by atoms with Gasteiger partial charge >= 0.3 is 12.1 Å². The summed E-state index contributed by atoms with van der Waals surface area (Å²) in [6.07, 6.45) is 6.06. The molecule has 4 N–H and O–H groups in total. The molecule has 0 aromatic heterocycles. The highest BCUT2D eigenvalue weighted by Crippen LogP contribution is 2.62. The number of carboxylic acid groups (broad SMARTS) is 1. The second-order valence-corrected chi connectivity index (χ2v) is 14.4. The Labute approximate surface area is 292 Å². The average Bonchev–Trinajstić information content (AvgIpc) is 3.44. The molecular weight excluding hydrogens is 644 g/mol. The van der Waals surface area contributed by atoms with Crippen LogP contribution in [0.25, 0.3) is 0 Å². The summed E-state index contributed by atoms with van der Waals surface area (Å²) in [5.74, 6) is -1.61. The van der Waals surface area contributed by atoms with E-state index in [9.17, 15) is 29.1 Å². The Kier molecular flexibility index (Phi) is 10.4. The lowest BCUT2D eigenvalue weighted by Crippen LogP contribution is -2.59. The molecule has 6 atom stereocenters. The number of allylic oxidation sites excluding steroid dienone is 2. The second kappa shape index (κ2) is 14.6. The highest BCUT2D eigenvalue weighted by atomic mass is 16.6. The molecule has 3 unspecified atom stereocenters. The molecule has 3 heterocycles. The molecule has 3 aliphatic heterocycles. The predicted octanol–water partition coefficient (Wildman–Crippen LogP) is 2.88. The number of amides is 2. The van der Waals surface area contributed by atoms with E-state index in [2.05, 4.69) is 29.4 Å². The largest absolute Gasteiger partial charge is 0.493 e. The molecule has 50 heavy (non-hydrogen) atoms. The van der Waals surface area contributed by atoms with Crippen LogP contribution in [0.5, 0.6) is 11.5 Å². The molecule has 2 saturated heterocycles. The molecular formula is C37H48N4O9. The van der Waals surface area contributed by atoms with E-state index in [-0.39, 0.29) is 62.3 Å². The molecule has 13 nitrogen and oxygen atoms in total. The number of hydrogen-bond acceptors (Lipinski definition) is 10. The van der Waals surface area contributed by atoms with E-state index in [4.69, 9.17) is 19.9 Å². The van der Waals surface area contributed by atoms with E-state index in [1.807, 2.05) is 12.1 Å². The van der Waals surface area contributed by atoms with Gasteiger partial charge in [-0.15, -0.1) is 0 Å². The van der Waals surface area contributed by atoms with Crippen molar-refractivity contribution in [1.82, 2.24) is 15.1 Å². The van der Waals surface area contributed by atoms with Crippen LogP contribution in [0.3, 0.4) is 0 Å². The summed E-state index contributed by atoms with van der Waals surface area (Å²) in [5.41, 5.74) is 8.68. The minimum atomic E-state index is -0.966. The molecule has 13 heteroatoms. The van der Waals surface area contributed by atoms with Crippen LogP contribution in [0, 0.1) is 11.8 Å². The van der Waals surface area contributed by atoms with Crippen LogP contribution >= 0.6 is 0 Å². The number of unbranched alkanes of at least 4 members (excludes halogenated alkanes) is 1. The van der Waals surface area contributed by atoms with Crippen molar-refractivity contribution in [2.75, 3.05) is 40.3 Å². The standard InChI is InChI=1S/C37H48N4O9/c1-21(42)16-26(43)18-23(6-4-5-13-38)34(44)39-20-25-17-24(35(45)46)11-14-41(25)36(47)49-30-10-8-27-28-19-22-7-9-29(48-3)32-31(22)37(27,33(30)50-32)12-15-40(28)2/h7-10,23-25,28,33H,4-6,11-20,38H2,1-3H3,(H,39,44)(H,45,46)/t23-,24?,25?,28-,33?,37+/m1/s1. The van der Waals surface area contributed by atoms with Crippen molar-refractivity contribution in [1.29, 1.82) is 0 Å². The number of carbonyl (C=O) groups is 5. The summed E-state index contributed by atoms with van der Waals surface area (Å²) in [4.78, 5) is 67.3. The summed E-state index contributed by atoms with van der Waals surface area (Å²) in [7, 11) is 3.74. The number of likely N-dealkylation sites (N-methyl/N-ethyl adjacent to an activating group) is 1. The minimum absolute atomic E-state index is 0.0149. The number of nitrogens with two attached hydrogens (primary N) is 1. The van der Waals surface area contributed by atoms with Gasteiger partial charge < -0.3 is 35.3 Å². The quantitative estimate of drug-likeness (QED) is 0.193. The normalized spacial score (nSPS) is 26.8. The van der Waals surface area contributed by atoms with Gasteiger partial charge in [0.2, 0.25) is 5.91 Å². The number of carboxylic acids is 1. The number of rotatable bonds is 14. The van der Waals surface area contributed by atoms with Gasteiger partial charge in [-0.05, 0) is 88.9 Å². The van der Waals surface area contributed by atoms with Gasteiger partial charge in [0.05, 0.1) is 30.9 Å². The molecule has 2 bridgehead atoms. The van der Waals surface area contributed by atoms with Crippen molar-refractivity contribution in [3.05, 3.63) is 46.7 Å². The Morgan fingerprint density at radius 3 is 2.68 bits per heavy atom. The number of methoxy groups -OCH3 is 1. The van der Waals surface area contributed by atoms with Gasteiger partial charge in [-0.3, -0.25) is 24.1 Å². The number of aliphatic carboxylic acids is 1. The fraction of sp³-hybridized carbons (Fsp3) is 0.595. The average molecular weight is 693 g/mol. The molecule has 2 fully saturated rings. The van der Waals surface area contributed by atoms with Crippen LogP contribution in [0.1, 0.15) is 69.4 Å². The Morgan fingerprint density at radius 2 is 1.96 bits per heavy atom. The Balaban J connectivity index is 1.21. The third-order valence-electron chi connectivity index (χ3n) is 11.2. The van der Waals surface area contributed by atoms with E-state index < -0.39 is 41.5 Å². The second-order valence-electron chi connectivity index (χ2n) is 14.4. The number of ketones is 2. The SMILES string of the molecule is COc1ccc2c3c1OC1C(OC(=O)N4CCC(C(=O)O)CC4CNC(=O)[C@H](CCCCN)CC(=O)CC(C)=O)=CC=C4[C@@H](C2)N(C)CC[C@]431. The summed E-state index contributed by atoms with van der Waals surface area (Å²) in [5, 5.41) is 12.7. The van der Waals surface area contributed by atoms with Crippen molar-refractivity contribution in [2.24, 2.45) is 17.6 Å². The number of benzene rings is 1. The van der Waals surface area contributed by atoms with Gasteiger partial charge in [0.25, 0.3) is 0 Å². The lowest BCUT2D eigenvalue weighted by molar-refractivity contribution is -0.144. The molecule has 0 saturated carbocycles. The van der Waals surface area contributed by atoms with Gasteiger partial charge in [0.1, 0.15) is 11.6 Å². The smallest absolute Gasteiger partial charge is 0.415 e. The first-order valence-corrected chi connectivity index (χ1v) is 17.7. The van der Waals surface area contributed by atoms with E-state index in [1.165, 1.54) is 23.0 Å². The molecule has 1 aromatic rings. The number of nitrogens with one attached hydrogen (secondary N) is 1. The van der Waals surface area contributed by atoms with Crippen molar-refractivity contribution in [2.45, 2.75) is 88.3 Å². The lowest BCUT2D eigenvalue weighted by atomic mass is 9.57. The van der Waals surface area contributed by atoms with Gasteiger partial charge in [-0.2, -0.15) is 0 Å². The minimum Gasteiger partial charge on any atom is -0.493 e. The highest BCUT2D eigenvalue weighted by Gasteiger charge is 2.62. The van der Waals surface area contributed by atoms with Crippen LogP contribution in [-0.4, -0.2) is 103 Å². The fourth-order valence-corrected chi connectivity index (χ4v) is 8.73. The zero-order valence-corrected chi connectivity index (χ0v) is 29.1. The number of hydrogen-bond donors (Lipinski definition) is 3. The molecule has 1 aromatic carbocycles. The maximum Gasteiger partial charge on any atom is 0.415 e. The fourth-order valence-electron chi connectivity index (χ4n) is 8.73. The van der Waals surface area contributed by atoms with Crippen LogP contribution in [0.2, 0.25) is 0 Å². The number of piperidine rings is 2. The van der Waals surface area contributed by atoms with Crippen molar-refractivity contribution < 1.29 is 43.3 Å². The molecule has 2 amide bonds. The number of nitrogens with zero attached hydrogens (tertiary/aromatic N) is 2. The monoisotopic (exact) mass is 692 g/mol. The Hall–Kier alpha value is -4.23. The number of likely N-dealkylation sites (tertiary alicyclic amines) is 2. The topological polar surface area (TPSA) is 178 Å². The summed E-state index contributed by atoms with van der Waals surface area (Å²) in [6.45, 7) is 2.74. The summed E-state index contributed by atoms with van der Waals surface area (Å²) >= 11 is 0. The molecule has 1 spiro atoms. The van der Waals surface area contributed by atoms with Crippen LogP contribution in [0.15, 0.2) is 35.6 Å². The van der Waals surface area contributed by atoms with Gasteiger partial charge in [0.15, 0.2) is 23.4 Å². The lowest BCUT2D eigenvalue weighted by Gasteiger charge is -2.52. The number of ether oxygens (including phenoxy) is 3. The Bertz CT molecular complexity index is 1620. The zero-order valence-electron chi connectivity index (χ0n) is 29.1. The molecule has 0 radical (unpaired) electrons. The molecule has 270 valence electrons.